The first-order chi connectivity index (χ1) is 7.63. The Morgan fingerprint density at radius 3 is 2.50 bits per heavy atom. The molecule has 3 heteroatoms. The summed E-state index contributed by atoms with van der Waals surface area (Å²) in [4.78, 5) is 11.8. The summed E-state index contributed by atoms with van der Waals surface area (Å²) in [5, 5.41) is 6.38. The van der Waals surface area contributed by atoms with Crippen LogP contribution in [0.3, 0.4) is 0 Å². The largest absolute Gasteiger partial charge is 0.353 e. The van der Waals surface area contributed by atoms with E-state index >= 15 is 0 Å². The number of hydrogen-bond acceptors (Lipinski definition) is 2. The standard InChI is InChI=1S/C13H26N2O/c1-4-14-9-11(3)13(16)15-12-7-5-10(2)6-8-12/h10-12,14H,4-9H2,1-3H3,(H,15,16). The topological polar surface area (TPSA) is 41.1 Å². The van der Waals surface area contributed by atoms with Gasteiger partial charge in [-0.05, 0) is 38.1 Å². The maximum Gasteiger partial charge on any atom is 0.224 e. The molecule has 2 N–H and O–H groups in total. The first-order valence-electron chi connectivity index (χ1n) is 6.64. The van der Waals surface area contributed by atoms with Gasteiger partial charge in [-0.15, -0.1) is 0 Å². The monoisotopic (exact) mass is 226 g/mol. The molecule has 1 amide bonds. The first-order valence-corrected chi connectivity index (χ1v) is 6.64. The third kappa shape index (κ3) is 4.52. The second-order valence-electron chi connectivity index (χ2n) is 5.17. The van der Waals surface area contributed by atoms with Crippen molar-refractivity contribution in [3.63, 3.8) is 0 Å². The Kier molecular flexibility index (Phi) is 5.81. The van der Waals surface area contributed by atoms with Gasteiger partial charge in [-0.2, -0.15) is 0 Å². The number of carbonyl (C=O) groups excluding carboxylic acids is 1. The van der Waals surface area contributed by atoms with E-state index < -0.39 is 0 Å². The Morgan fingerprint density at radius 1 is 1.31 bits per heavy atom. The number of rotatable bonds is 5. The molecule has 1 fully saturated rings. The minimum Gasteiger partial charge on any atom is -0.353 e. The summed E-state index contributed by atoms with van der Waals surface area (Å²) >= 11 is 0. The Balaban J connectivity index is 2.22. The Morgan fingerprint density at radius 2 is 1.94 bits per heavy atom. The van der Waals surface area contributed by atoms with Gasteiger partial charge in [0.1, 0.15) is 0 Å². The van der Waals surface area contributed by atoms with Gasteiger partial charge in [0.2, 0.25) is 5.91 Å². The lowest BCUT2D eigenvalue weighted by atomic mass is 9.87. The maximum atomic E-state index is 11.8. The first kappa shape index (κ1) is 13.5. The van der Waals surface area contributed by atoms with Crippen molar-refractivity contribution < 1.29 is 4.79 Å². The zero-order valence-corrected chi connectivity index (χ0v) is 10.9. The predicted octanol–water partition coefficient (Wildman–Crippen LogP) is 1.93. The molecule has 0 aliphatic heterocycles. The highest BCUT2D eigenvalue weighted by Crippen LogP contribution is 2.23. The minimum absolute atomic E-state index is 0.0827. The van der Waals surface area contributed by atoms with Crippen molar-refractivity contribution in [2.45, 2.75) is 52.5 Å². The molecule has 1 saturated carbocycles. The molecule has 0 radical (unpaired) electrons. The van der Waals surface area contributed by atoms with Gasteiger partial charge in [0.25, 0.3) is 0 Å². The normalized spacial score (nSPS) is 27.4. The van der Waals surface area contributed by atoms with Crippen LogP contribution in [-0.2, 0) is 4.79 Å². The molecule has 1 aliphatic rings. The summed E-state index contributed by atoms with van der Waals surface area (Å²) in [6, 6.07) is 0.424. The summed E-state index contributed by atoms with van der Waals surface area (Å²) in [5.41, 5.74) is 0. The van der Waals surface area contributed by atoms with Crippen molar-refractivity contribution >= 4 is 5.91 Å². The molecule has 1 rings (SSSR count). The molecular weight excluding hydrogens is 200 g/mol. The van der Waals surface area contributed by atoms with E-state index in [4.69, 9.17) is 0 Å². The lowest BCUT2D eigenvalue weighted by Crippen LogP contribution is -2.42. The third-order valence-electron chi connectivity index (χ3n) is 3.51. The lowest BCUT2D eigenvalue weighted by Gasteiger charge is -2.28. The van der Waals surface area contributed by atoms with Crippen LogP contribution in [0.5, 0.6) is 0 Å². The molecule has 0 aromatic rings. The fourth-order valence-corrected chi connectivity index (χ4v) is 2.20. The van der Waals surface area contributed by atoms with Crippen LogP contribution in [0.2, 0.25) is 0 Å². The highest BCUT2D eigenvalue weighted by molar-refractivity contribution is 5.78. The van der Waals surface area contributed by atoms with E-state index in [1.165, 1.54) is 12.8 Å². The SMILES string of the molecule is CCNCC(C)C(=O)NC1CCC(C)CC1. The Hall–Kier alpha value is -0.570. The van der Waals surface area contributed by atoms with E-state index in [9.17, 15) is 4.79 Å². The minimum atomic E-state index is 0.0827. The average Bonchev–Trinajstić information content (AvgIpc) is 2.29. The van der Waals surface area contributed by atoms with Crippen LogP contribution in [0.25, 0.3) is 0 Å². The highest BCUT2D eigenvalue weighted by atomic mass is 16.1. The Bertz CT molecular complexity index is 210. The Labute approximate surface area is 99.4 Å². The van der Waals surface area contributed by atoms with Crippen LogP contribution in [0.1, 0.15) is 46.5 Å². The zero-order valence-electron chi connectivity index (χ0n) is 10.9. The van der Waals surface area contributed by atoms with Gasteiger partial charge in [-0.1, -0.05) is 20.8 Å². The van der Waals surface area contributed by atoms with E-state index in [2.05, 4.69) is 24.5 Å². The van der Waals surface area contributed by atoms with Crippen molar-refractivity contribution in [3.8, 4) is 0 Å². The lowest BCUT2D eigenvalue weighted by molar-refractivity contribution is -0.125. The second kappa shape index (κ2) is 6.89. The molecule has 1 atom stereocenters. The smallest absolute Gasteiger partial charge is 0.224 e. The van der Waals surface area contributed by atoms with Crippen molar-refractivity contribution in [2.75, 3.05) is 13.1 Å². The molecule has 1 unspecified atom stereocenters. The molecule has 0 saturated heterocycles. The quantitative estimate of drug-likeness (QED) is 0.752. The zero-order chi connectivity index (χ0) is 12.0. The van der Waals surface area contributed by atoms with Crippen molar-refractivity contribution in [1.29, 1.82) is 0 Å². The number of nitrogens with one attached hydrogen (secondary N) is 2. The van der Waals surface area contributed by atoms with E-state index in [0.717, 1.165) is 31.8 Å². The van der Waals surface area contributed by atoms with Crippen molar-refractivity contribution in [2.24, 2.45) is 11.8 Å². The molecule has 3 nitrogen and oxygen atoms in total. The van der Waals surface area contributed by atoms with E-state index in [1.807, 2.05) is 6.92 Å². The fourth-order valence-electron chi connectivity index (χ4n) is 2.20. The summed E-state index contributed by atoms with van der Waals surface area (Å²) in [6.45, 7) is 8.06. The van der Waals surface area contributed by atoms with Crippen LogP contribution in [0, 0.1) is 11.8 Å². The fraction of sp³-hybridized carbons (Fsp3) is 0.923. The van der Waals surface area contributed by atoms with Crippen molar-refractivity contribution in [3.05, 3.63) is 0 Å². The van der Waals surface area contributed by atoms with Crippen molar-refractivity contribution in [1.82, 2.24) is 10.6 Å². The molecule has 0 bridgehead atoms. The second-order valence-corrected chi connectivity index (χ2v) is 5.17. The van der Waals surface area contributed by atoms with Gasteiger partial charge in [0, 0.05) is 18.5 Å². The van der Waals surface area contributed by atoms with Gasteiger partial charge in [0.15, 0.2) is 0 Å². The summed E-state index contributed by atoms with van der Waals surface area (Å²) in [7, 11) is 0. The van der Waals surface area contributed by atoms with E-state index in [-0.39, 0.29) is 11.8 Å². The molecule has 1 aliphatic carbocycles. The molecule has 0 heterocycles. The molecule has 94 valence electrons. The highest BCUT2D eigenvalue weighted by Gasteiger charge is 2.21. The molecule has 0 aromatic heterocycles. The summed E-state index contributed by atoms with van der Waals surface area (Å²) in [5.74, 6) is 1.13. The number of carbonyl (C=O) groups is 1. The van der Waals surface area contributed by atoms with Crippen LogP contribution in [0.4, 0.5) is 0 Å². The van der Waals surface area contributed by atoms with Crippen LogP contribution in [-0.4, -0.2) is 25.0 Å². The van der Waals surface area contributed by atoms with Gasteiger partial charge in [-0.3, -0.25) is 4.79 Å². The molecule has 16 heavy (non-hydrogen) atoms. The summed E-state index contributed by atoms with van der Waals surface area (Å²) in [6.07, 6.45) is 4.82. The maximum absolute atomic E-state index is 11.8. The van der Waals surface area contributed by atoms with E-state index in [1.54, 1.807) is 0 Å². The van der Waals surface area contributed by atoms with Crippen LogP contribution < -0.4 is 10.6 Å². The van der Waals surface area contributed by atoms with Crippen LogP contribution in [0.15, 0.2) is 0 Å². The van der Waals surface area contributed by atoms with Gasteiger partial charge >= 0.3 is 0 Å². The molecule has 0 aromatic carbocycles. The van der Waals surface area contributed by atoms with Crippen LogP contribution >= 0.6 is 0 Å². The van der Waals surface area contributed by atoms with Gasteiger partial charge in [-0.25, -0.2) is 0 Å². The molecule has 0 spiro atoms. The average molecular weight is 226 g/mol. The predicted molar refractivity (Wildman–Crippen MR) is 67.3 cm³/mol. The summed E-state index contributed by atoms with van der Waals surface area (Å²) < 4.78 is 0. The van der Waals surface area contributed by atoms with Gasteiger partial charge < -0.3 is 10.6 Å². The van der Waals surface area contributed by atoms with Gasteiger partial charge in [0.05, 0.1) is 0 Å². The number of hydrogen-bond donors (Lipinski definition) is 2. The number of amides is 1. The third-order valence-corrected chi connectivity index (χ3v) is 3.51. The van der Waals surface area contributed by atoms with E-state index in [0.29, 0.717) is 6.04 Å². The molecular formula is C13H26N2O.